The molecule has 1 heterocycles. The Labute approximate surface area is 124 Å². The van der Waals surface area contributed by atoms with Crippen molar-refractivity contribution in [3.05, 3.63) is 51.2 Å². The van der Waals surface area contributed by atoms with Crippen LogP contribution in [0.4, 0.5) is 18.9 Å². The van der Waals surface area contributed by atoms with Crippen molar-refractivity contribution in [3.8, 4) is 6.07 Å². The molecule has 6 heteroatoms. The van der Waals surface area contributed by atoms with Gasteiger partial charge in [0.05, 0.1) is 17.2 Å². The van der Waals surface area contributed by atoms with Gasteiger partial charge in [0.1, 0.15) is 0 Å². The highest BCUT2D eigenvalue weighted by Crippen LogP contribution is 2.33. The van der Waals surface area contributed by atoms with E-state index in [9.17, 15) is 13.2 Å². The third-order valence-corrected chi connectivity index (χ3v) is 4.08. The van der Waals surface area contributed by atoms with Crippen LogP contribution in [0.2, 0.25) is 0 Å². The van der Waals surface area contributed by atoms with Crippen molar-refractivity contribution < 1.29 is 13.2 Å². The molecule has 0 unspecified atom stereocenters. The normalized spacial score (nSPS) is 11.2. The molecule has 0 aliphatic carbocycles. The summed E-state index contributed by atoms with van der Waals surface area (Å²) in [7, 11) is 0. The lowest BCUT2D eigenvalue weighted by Crippen LogP contribution is -2.08. The van der Waals surface area contributed by atoms with Crippen LogP contribution in [0.3, 0.4) is 0 Å². The van der Waals surface area contributed by atoms with E-state index in [0.717, 1.165) is 17.4 Å². The quantitative estimate of drug-likeness (QED) is 0.879. The average molecular weight is 310 g/mol. The van der Waals surface area contributed by atoms with E-state index in [-0.39, 0.29) is 5.56 Å². The number of hydrogen-bond acceptors (Lipinski definition) is 3. The fourth-order valence-electron chi connectivity index (χ4n) is 2.01. The fourth-order valence-corrected chi connectivity index (χ4v) is 2.93. The van der Waals surface area contributed by atoms with Crippen molar-refractivity contribution in [1.82, 2.24) is 0 Å². The smallest absolute Gasteiger partial charge is 0.380 e. The van der Waals surface area contributed by atoms with E-state index in [0.29, 0.717) is 12.2 Å². The number of alkyl halides is 3. The molecule has 0 spiro atoms. The van der Waals surface area contributed by atoms with E-state index < -0.39 is 11.7 Å². The number of rotatable bonds is 4. The first-order valence-electron chi connectivity index (χ1n) is 6.36. The van der Waals surface area contributed by atoms with Gasteiger partial charge in [-0.25, -0.2) is 0 Å². The SMILES string of the molecule is CCc1ccsc1CNc1ccc(C(F)(F)F)c(C#N)c1. The number of nitriles is 1. The highest BCUT2D eigenvalue weighted by atomic mass is 32.1. The Bertz CT molecular complexity index is 668. The van der Waals surface area contributed by atoms with Gasteiger partial charge in [0.2, 0.25) is 0 Å². The zero-order valence-corrected chi connectivity index (χ0v) is 12.1. The zero-order valence-electron chi connectivity index (χ0n) is 11.3. The van der Waals surface area contributed by atoms with E-state index in [1.54, 1.807) is 17.4 Å². The van der Waals surface area contributed by atoms with E-state index >= 15 is 0 Å². The molecule has 110 valence electrons. The van der Waals surface area contributed by atoms with Gasteiger partial charge in [-0.2, -0.15) is 18.4 Å². The number of nitrogens with one attached hydrogen (secondary N) is 1. The Hall–Kier alpha value is -2.00. The van der Waals surface area contributed by atoms with Crippen molar-refractivity contribution in [3.63, 3.8) is 0 Å². The number of anilines is 1. The number of benzene rings is 1. The Kier molecular flexibility index (Phi) is 4.53. The number of halogens is 3. The van der Waals surface area contributed by atoms with E-state index in [1.807, 2.05) is 11.4 Å². The van der Waals surface area contributed by atoms with Gasteiger partial charge in [0.25, 0.3) is 0 Å². The van der Waals surface area contributed by atoms with Crippen molar-refractivity contribution in [2.75, 3.05) is 5.32 Å². The summed E-state index contributed by atoms with van der Waals surface area (Å²) in [5, 5.41) is 13.9. The molecule has 0 fully saturated rings. The van der Waals surface area contributed by atoms with Crippen LogP contribution in [0.15, 0.2) is 29.6 Å². The molecule has 0 aliphatic heterocycles. The van der Waals surface area contributed by atoms with Crippen molar-refractivity contribution in [1.29, 1.82) is 5.26 Å². The molecule has 2 nitrogen and oxygen atoms in total. The van der Waals surface area contributed by atoms with Crippen LogP contribution >= 0.6 is 11.3 Å². The molecule has 1 N–H and O–H groups in total. The summed E-state index contributed by atoms with van der Waals surface area (Å²) in [6.45, 7) is 2.59. The lowest BCUT2D eigenvalue weighted by molar-refractivity contribution is -0.137. The minimum Gasteiger partial charge on any atom is -0.380 e. The van der Waals surface area contributed by atoms with Gasteiger partial charge in [0, 0.05) is 17.1 Å². The van der Waals surface area contributed by atoms with Crippen LogP contribution in [0.5, 0.6) is 0 Å². The third-order valence-electron chi connectivity index (χ3n) is 3.12. The molecule has 0 bridgehead atoms. The highest BCUT2D eigenvalue weighted by Gasteiger charge is 2.33. The first-order valence-corrected chi connectivity index (χ1v) is 7.24. The maximum absolute atomic E-state index is 12.7. The molecule has 21 heavy (non-hydrogen) atoms. The van der Waals surface area contributed by atoms with Gasteiger partial charge in [-0.3, -0.25) is 0 Å². The third kappa shape index (κ3) is 3.56. The van der Waals surface area contributed by atoms with Crippen LogP contribution < -0.4 is 5.32 Å². The molecular formula is C15H13F3N2S. The lowest BCUT2D eigenvalue weighted by atomic mass is 10.1. The van der Waals surface area contributed by atoms with Crippen LogP contribution in [-0.2, 0) is 19.1 Å². The maximum atomic E-state index is 12.7. The number of nitrogens with zero attached hydrogens (tertiary/aromatic N) is 1. The van der Waals surface area contributed by atoms with Gasteiger partial charge in [-0.1, -0.05) is 6.92 Å². The predicted octanol–water partition coefficient (Wildman–Crippen LogP) is 4.81. The molecule has 0 saturated carbocycles. The Morgan fingerprint density at radius 1 is 1.29 bits per heavy atom. The Morgan fingerprint density at radius 3 is 2.67 bits per heavy atom. The first-order chi connectivity index (χ1) is 9.95. The van der Waals surface area contributed by atoms with Crippen molar-refractivity contribution in [2.24, 2.45) is 0 Å². The Balaban J connectivity index is 2.17. The summed E-state index contributed by atoms with van der Waals surface area (Å²) >= 11 is 1.60. The molecule has 2 aromatic rings. The molecule has 0 atom stereocenters. The summed E-state index contributed by atoms with van der Waals surface area (Å²) in [4.78, 5) is 1.15. The number of hydrogen-bond donors (Lipinski definition) is 1. The van der Waals surface area contributed by atoms with Crippen LogP contribution in [0, 0.1) is 11.3 Å². The molecule has 0 amide bonds. The van der Waals surface area contributed by atoms with Crippen LogP contribution in [0.25, 0.3) is 0 Å². The minimum absolute atomic E-state index is 0.366. The van der Waals surface area contributed by atoms with Crippen molar-refractivity contribution in [2.45, 2.75) is 26.1 Å². The molecule has 0 saturated heterocycles. The fraction of sp³-hybridized carbons (Fsp3) is 0.267. The molecule has 0 radical (unpaired) electrons. The summed E-state index contributed by atoms with van der Waals surface area (Å²) < 4.78 is 38.1. The van der Waals surface area contributed by atoms with Gasteiger partial charge >= 0.3 is 6.18 Å². The van der Waals surface area contributed by atoms with Gasteiger partial charge < -0.3 is 5.32 Å². The summed E-state index contributed by atoms with van der Waals surface area (Å²) in [6.07, 6.45) is -3.59. The zero-order chi connectivity index (χ0) is 15.5. The monoisotopic (exact) mass is 310 g/mol. The highest BCUT2D eigenvalue weighted by molar-refractivity contribution is 7.10. The molecule has 0 aliphatic rings. The second kappa shape index (κ2) is 6.19. The molecule has 1 aromatic carbocycles. The Morgan fingerprint density at radius 2 is 2.05 bits per heavy atom. The number of thiophene rings is 1. The standard InChI is InChI=1S/C15H13F3N2S/c1-2-10-5-6-21-14(10)9-20-12-3-4-13(15(16,17)18)11(7-12)8-19/h3-7,20H,2,9H2,1H3. The number of aryl methyl sites for hydroxylation is 1. The van der Waals surface area contributed by atoms with Crippen LogP contribution in [-0.4, -0.2) is 0 Å². The van der Waals surface area contributed by atoms with Gasteiger partial charge in [0.15, 0.2) is 0 Å². The first kappa shape index (κ1) is 15.4. The van der Waals surface area contributed by atoms with E-state index in [4.69, 9.17) is 5.26 Å². The van der Waals surface area contributed by atoms with Crippen LogP contribution in [0.1, 0.15) is 28.5 Å². The second-order valence-corrected chi connectivity index (χ2v) is 5.45. The predicted molar refractivity (Wildman–Crippen MR) is 77.2 cm³/mol. The van der Waals surface area contributed by atoms with E-state index in [1.165, 1.54) is 17.7 Å². The summed E-state index contributed by atoms with van der Waals surface area (Å²) in [5.74, 6) is 0. The van der Waals surface area contributed by atoms with Gasteiger partial charge in [-0.05, 0) is 41.6 Å². The summed E-state index contributed by atoms with van der Waals surface area (Å²) in [6, 6.07) is 7.17. The largest absolute Gasteiger partial charge is 0.417 e. The average Bonchev–Trinajstić information content (AvgIpc) is 2.91. The van der Waals surface area contributed by atoms with Gasteiger partial charge in [-0.15, -0.1) is 11.3 Å². The van der Waals surface area contributed by atoms with Crippen molar-refractivity contribution >= 4 is 17.0 Å². The maximum Gasteiger partial charge on any atom is 0.417 e. The lowest BCUT2D eigenvalue weighted by Gasteiger charge is -2.11. The second-order valence-electron chi connectivity index (χ2n) is 4.45. The summed E-state index contributed by atoms with van der Waals surface area (Å²) in [5.41, 5.74) is 0.463. The van der Waals surface area contributed by atoms with E-state index in [2.05, 4.69) is 12.2 Å². The topological polar surface area (TPSA) is 35.8 Å². The molecular weight excluding hydrogens is 297 g/mol. The minimum atomic E-state index is -4.51. The molecule has 2 rings (SSSR count). The molecule has 1 aromatic heterocycles.